The van der Waals surface area contributed by atoms with E-state index in [4.69, 9.17) is 4.74 Å². The molecular weight excluding hydrogens is 341 g/mol. The minimum absolute atomic E-state index is 0.0609. The summed E-state index contributed by atoms with van der Waals surface area (Å²) >= 11 is 3.46. The Balaban J connectivity index is 2.24. The summed E-state index contributed by atoms with van der Waals surface area (Å²) < 4.78 is 19.8. The monoisotopic (exact) mass is 353 g/mol. The van der Waals surface area contributed by atoms with Crippen molar-refractivity contribution in [1.82, 2.24) is 0 Å². The third-order valence-corrected chi connectivity index (χ3v) is 4.29. The number of nitrogens with zero attached hydrogens (tertiary/aromatic N) is 1. The molecule has 0 bridgehead atoms. The smallest absolute Gasteiger partial charge is 0.276 e. The van der Waals surface area contributed by atoms with Crippen LogP contribution in [0.15, 0.2) is 34.8 Å². The molecule has 0 aliphatic rings. The summed E-state index contributed by atoms with van der Waals surface area (Å²) in [5.74, 6) is 0.0640. The van der Waals surface area contributed by atoms with Crippen molar-refractivity contribution in [2.75, 3.05) is 0 Å². The van der Waals surface area contributed by atoms with Crippen LogP contribution in [0.25, 0.3) is 0 Å². The lowest BCUT2D eigenvalue weighted by molar-refractivity contribution is -0.385. The molecule has 0 saturated carbocycles. The number of rotatable bonds is 4. The third-order valence-electron chi connectivity index (χ3n) is 3.04. The van der Waals surface area contributed by atoms with Crippen molar-refractivity contribution in [2.24, 2.45) is 0 Å². The number of ether oxygens (including phenoxy) is 1. The third kappa shape index (κ3) is 3.58. The number of nitro benzene ring substituents is 1. The van der Waals surface area contributed by atoms with Gasteiger partial charge in [-0.05, 0) is 49.2 Å². The van der Waals surface area contributed by atoms with Crippen molar-refractivity contribution in [2.45, 2.75) is 20.5 Å². The van der Waals surface area contributed by atoms with E-state index in [0.717, 1.165) is 33.8 Å². The van der Waals surface area contributed by atoms with Crippen LogP contribution in [0.3, 0.4) is 0 Å². The first kappa shape index (κ1) is 15.4. The van der Waals surface area contributed by atoms with Crippen LogP contribution in [0.4, 0.5) is 10.1 Å². The van der Waals surface area contributed by atoms with E-state index in [9.17, 15) is 14.5 Å². The van der Waals surface area contributed by atoms with Crippen molar-refractivity contribution in [3.8, 4) is 5.75 Å². The molecular formula is C15H13BrFNO3. The molecule has 0 aliphatic carbocycles. The molecule has 6 heteroatoms. The average Bonchev–Trinajstić information content (AvgIpc) is 2.42. The Kier molecular flexibility index (Phi) is 4.57. The molecule has 2 rings (SSSR count). The zero-order valence-corrected chi connectivity index (χ0v) is 13.1. The van der Waals surface area contributed by atoms with Crippen LogP contribution in [-0.2, 0) is 6.61 Å². The normalized spacial score (nSPS) is 10.5. The Morgan fingerprint density at radius 1 is 1.24 bits per heavy atom. The van der Waals surface area contributed by atoms with Gasteiger partial charge in [0.25, 0.3) is 5.69 Å². The number of nitro groups is 1. The molecule has 0 radical (unpaired) electrons. The number of benzene rings is 2. The Morgan fingerprint density at radius 2 is 1.86 bits per heavy atom. The van der Waals surface area contributed by atoms with Crippen molar-refractivity contribution < 1.29 is 14.1 Å². The Bertz CT molecular complexity index is 680. The minimum Gasteiger partial charge on any atom is -0.489 e. The van der Waals surface area contributed by atoms with Gasteiger partial charge in [0.2, 0.25) is 0 Å². The second-order valence-corrected chi connectivity index (χ2v) is 5.48. The van der Waals surface area contributed by atoms with Gasteiger partial charge in [0.1, 0.15) is 18.2 Å². The fourth-order valence-corrected chi connectivity index (χ4v) is 2.23. The van der Waals surface area contributed by atoms with Gasteiger partial charge in [-0.2, -0.15) is 0 Å². The van der Waals surface area contributed by atoms with E-state index in [1.807, 2.05) is 26.0 Å². The largest absolute Gasteiger partial charge is 0.489 e. The summed E-state index contributed by atoms with van der Waals surface area (Å²) in [5, 5.41) is 10.9. The van der Waals surface area contributed by atoms with Crippen molar-refractivity contribution in [3.63, 3.8) is 0 Å². The quantitative estimate of drug-likeness (QED) is 0.591. The van der Waals surface area contributed by atoms with Crippen LogP contribution in [-0.4, -0.2) is 4.92 Å². The molecule has 4 nitrogen and oxygen atoms in total. The van der Waals surface area contributed by atoms with Crippen LogP contribution in [0.1, 0.15) is 16.7 Å². The molecule has 2 aromatic carbocycles. The molecule has 0 amide bonds. The zero-order valence-electron chi connectivity index (χ0n) is 11.5. The van der Waals surface area contributed by atoms with Gasteiger partial charge in [0.15, 0.2) is 0 Å². The molecule has 0 aliphatic heterocycles. The van der Waals surface area contributed by atoms with Crippen LogP contribution in [0.2, 0.25) is 0 Å². The lowest BCUT2D eigenvalue weighted by Crippen LogP contribution is -2.02. The van der Waals surface area contributed by atoms with Gasteiger partial charge in [-0.25, -0.2) is 4.39 Å². The molecule has 0 N–H and O–H groups in total. The number of hydrogen-bond donors (Lipinski definition) is 0. The molecule has 0 atom stereocenters. The van der Waals surface area contributed by atoms with E-state index in [-0.39, 0.29) is 17.9 Å². The van der Waals surface area contributed by atoms with Gasteiger partial charge in [0, 0.05) is 10.5 Å². The fraction of sp³-hybridized carbons (Fsp3) is 0.200. The van der Waals surface area contributed by atoms with Gasteiger partial charge >= 0.3 is 0 Å². The lowest BCUT2D eigenvalue weighted by atomic mass is 10.1. The molecule has 0 saturated heterocycles. The Hall–Kier alpha value is -1.95. The molecule has 0 unspecified atom stereocenters. The predicted molar refractivity (Wildman–Crippen MR) is 81.0 cm³/mol. The molecule has 0 spiro atoms. The van der Waals surface area contributed by atoms with E-state index < -0.39 is 10.7 Å². The molecule has 0 aromatic heterocycles. The lowest BCUT2D eigenvalue weighted by Gasteiger charge is -2.10. The number of hydrogen-bond acceptors (Lipinski definition) is 3. The first-order valence-corrected chi connectivity index (χ1v) is 7.00. The molecule has 21 heavy (non-hydrogen) atoms. The maximum atomic E-state index is 13.2. The van der Waals surface area contributed by atoms with Gasteiger partial charge in [0.05, 0.1) is 10.5 Å². The predicted octanol–water partition coefficient (Wildman–Crippen LogP) is 4.69. The Morgan fingerprint density at radius 3 is 2.43 bits per heavy atom. The summed E-state index contributed by atoms with van der Waals surface area (Å²) in [5.41, 5.74) is 2.05. The number of halogens is 2. The van der Waals surface area contributed by atoms with E-state index >= 15 is 0 Å². The van der Waals surface area contributed by atoms with Crippen LogP contribution < -0.4 is 4.74 Å². The fourth-order valence-electron chi connectivity index (χ4n) is 2.00. The topological polar surface area (TPSA) is 52.4 Å². The van der Waals surface area contributed by atoms with Crippen molar-refractivity contribution in [3.05, 3.63) is 67.4 Å². The Labute approximate surface area is 129 Å². The highest BCUT2D eigenvalue weighted by atomic mass is 79.9. The van der Waals surface area contributed by atoms with Crippen LogP contribution >= 0.6 is 15.9 Å². The molecule has 2 aromatic rings. The SMILES string of the molecule is Cc1cc(OCc2cc(F)ccc2[N+](=O)[O-])cc(C)c1Br. The summed E-state index contributed by atoms with van der Waals surface area (Å²) in [6.07, 6.45) is 0. The van der Waals surface area contributed by atoms with Gasteiger partial charge < -0.3 is 4.74 Å². The second kappa shape index (κ2) is 6.22. The van der Waals surface area contributed by atoms with E-state index in [1.165, 1.54) is 0 Å². The molecule has 110 valence electrons. The van der Waals surface area contributed by atoms with Gasteiger partial charge in [-0.15, -0.1) is 0 Å². The number of aryl methyl sites for hydroxylation is 2. The highest BCUT2D eigenvalue weighted by molar-refractivity contribution is 9.10. The van der Waals surface area contributed by atoms with E-state index in [0.29, 0.717) is 5.75 Å². The first-order chi connectivity index (χ1) is 9.88. The molecule has 0 fully saturated rings. The molecule has 0 heterocycles. The maximum Gasteiger partial charge on any atom is 0.276 e. The van der Waals surface area contributed by atoms with Gasteiger partial charge in [-0.1, -0.05) is 15.9 Å². The van der Waals surface area contributed by atoms with E-state index in [1.54, 1.807) is 0 Å². The minimum atomic E-state index is -0.545. The van der Waals surface area contributed by atoms with Gasteiger partial charge in [-0.3, -0.25) is 10.1 Å². The standard InChI is InChI=1S/C15H13BrFNO3/c1-9-5-13(6-10(2)15(9)16)21-8-11-7-12(17)3-4-14(11)18(19)20/h3-7H,8H2,1-2H3. The summed E-state index contributed by atoms with van der Waals surface area (Å²) in [7, 11) is 0. The maximum absolute atomic E-state index is 13.2. The summed E-state index contributed by atoms with van der Waals surface area (Å²) in [6.45, 7) is 3.79. The van der Waals surface area contributed by atoms with Crippen molar-refractivity contribution >= 4 is 21.6 Å². The summed E-state index contributed by atoms with van der Waals surface area (Å²) in [6, 6.07) is 6.97. The highest BCUT2D eigenvalue weighted by Gasteiger charge is 2.15. The summed E-state index contributed by atoms with van der Waals surface area (Å²) in [4.78, 5) is 10.4. The van der Waals surface area contributed by atoms with E-state index in [2.05, 4.69) is 15.9 Å². The first-order valence-electron chi connectivity index (χ1n) is 6.21. The highest BCUT2D eigenvalue weighted by Crippen LogP contribution is 2.28. The van der Waals surface area contributed by atoms with Crippen LogP contribution in [0.5, 0.6) is 5.75 Å². The van der Waals surface area contributed by atoms with Crippen molar-refractivity contribution in [1.29, 1.82) is 0 Å². The zero-order chi connectivity index (χ0) is 15.6. The average molecular weight is 354 g/mol. The van der Waals surface area contributed by atoms with Crippen LogP contribution in [0, 0.1) is 29.8 Å². The second-order valence-electron chi connectivity index (χ2n) is 4.69.